The predicted octanol–water partition coefficient (Wildman–Crippen LogP) is 2.55. The van der Waals surface area contributed by atoms with Crippen molar-refractivity contribution in [1.82, 2.24) is 4.90 Å². The van der Waals surface area contributed by atoms with Crippen LogP contribution in [0.2, 0.25) is 0 Å². The van der Waals surface area contributed by atoms with Crippen molar-refractivity contribution in [2.75, 3.05) is 18.8 Å². The first kappa shape index (κ1) is 19.5. The Morgan fingerprint density at radius 3 is 2.36 bits per heavy atom. The van der Waals surface area contributed by atoms with Crippen LogP contribution in [0.25, 0.3) is 0 Å². The number of hydrogen-bond donors (Lipinski definition) is 0. The zero-order chi connectivity index (χ0) is 18.4. The Kier molecular flexibility index (Phi) is 6.60. The largest absolute Gasteiger partial charge is 0.343 e. The summed E-state index contributed by atoms with van der Waals surface area (Å²) in [4.78, 5) is 14.1. The van der Waals surface area contributed by atoms with Crippen molar-refractivity contribution in [3.63, 3.8) is 0 Å². The first-order valence-corrected chi connectivity index (χ1v) is 10.5. The molecule has 1 saturated heterocycles. The van der Waals surface area contributed by atoms with E-state index in [9.17, 15) is 13.2 Å². The SMILES string of the molecule is CC(C)CS(=O)(=O)C1CCN(C(=O)CCc2ccc(C#N)cc2)CC1. The Bertz CT molecular complexity index is 725. The lowest BCUT2D eigenvalue weighted by Crippen LogP contribution is -2.43. The summed E-state index contributed by atoms with van der Waals surface area (Å²) in [5.41, 5.74) is 1.64. The van der Waals surface area contributed by atoms with Crippen LogP contribution in [-0.2, 0) is 21.1 Å². The molecule has 0 unspecified atom stereocenters. The average Bonchev–Trinajstić information content (AvgIpc) is 2.59. The molecule has 1 aromatic rings. The van der Waals surface area contributed by atoms with Gasteiger partial charge in [-0.15, -0.1) is 0 Å². The van der Waals surface area contributed by atoms with Crippen LogP contribution in [0.3, 0.4) is 0 Å². The van der Waals surface area contributed by atoms with Crippen LogP contribution in [0.15, 0.2) is 24.3 Å². The van der Waals surface area contributed by atoms with Crippen molar-refractivity contribution in [2.45, 2.75) is 44.8 Å². The van der Waals surface area contributed by atoms with Crippen LogP contribution in [0, 0.1) is 17.2 Å². The molecule has 1 aliphatic heterocycles. The molecule has 0 bridgehead atoms. The molecule has 136 valence electrons. The molecule has 0 aliphatic carbocycles. The van der Waals surface area contributed by atoms with Crippen LogP contribution >= 0.6 is 0 Å². The number of aryl methyl sites for hydroxylation is 1. The zero-order valence-electron chi connectivity index (χ0n) is 14.9. The van der Waals surface area contributed by atoms with Crippen molar-refractivity contribution in [1.29, 1.82) is 5.26 Å². The van der Waals surface area contributed by atoms with Gasteiger partial charge in [0.2, 0.25) is 5.91 Å². The molecule has 0 radical (unpaired) electrons. The number of nitrogens with zero attached hydrogens (tertiary/aromatic N) is 2. The lowest BCUT2D eigenvalue weighted by Gasteiger charge is -2.32. The molecule has 0 saturated carbocycles. The van der Waals surface area contributed by atoms with Crippen LogP contribution in [0.4, 0.5) is 0 Å². The van der Waals surface area contributed by atoms with Crippen LogP contribution in [0.5, 0.6) is 0 Å². The summed E-state index contributed by atoms with van der Waals surface area (Å²) < 4.78 is 24.6. The van der Waals surface area contributed by atoms with Gasteiger partial charge in [0, 0.05) is 19.5 Å². The molecule has 5 nitrogen and oxygen atoms in total. The lowest BCUT2D eigenvalue weighted by molar-refractivity contribution is -0.132. The molecular formula is C19H26N2O3S. The van der Waals surface area contributed by atoms with Crippen LogP contribution in [0.1, 0.15) is 44.2 Å². The Labute approximate surface area is 150 Å². The fraction of sp³-hybridized carbons (Fsp3) is 0.579. The molecule has 1 fully saturated rings. The second-order valence-corrected chi connectivity index (χ2v) is 9.44. The summed E-state index contributed by atoms with van der Waals surface area (Å²) >= 11 is 0. The predicted molar refractivity (Wildman–Crippen MR) is 97.7 cm³/mol. The van der Waals surface area contributed by atoms with Crippen LogP contribution in [-0.4, -0.2) is 43.3 Å². The van der Waals surface area contributed by atoms with Gasteiger partial charge >= 0.3 is 0 Å². The maximum absolute atomic E-state index is 12.4. The van der Waals surface area contributed by atoms with Crippen molar-refractivity contribution in [3.05, 3.63) is 35.4 Å². The Morgan fingerprint density at radius 1 is 1.24 bits per heavy atom. The van der Waals surface area contributed by atoms with Crippen molar-refractivity contribution < 1.29 is 13.2 Å². The van der Waals surface area contributed by atoms with E-state index in [-0.39, 0.29) is 22.8 Å². The molecule has 0 atom stereocenters. The lowest BCUT2D eigenvalue weighted by atomic mass is 10.1. The fourth-order valence-corrected chi connectivity index (χ4v) is 5.35. The third-order valence-corrected chi connectivity index (χ3v) is 7.20. The standard InChI is InChI=1S/C19H26N2O3S/c1-15(2)14-25(23,24)18-9-11-21(12-10-18)19(22)8-7-16-3-5-17(13-20)6-4-16/h3-6,15,18H,7-12,14H2,1-2H3. The average molecular weight is 362 g/mol. The second kappa shape index (κ2) is 8.48. The van der Waals surface area contributed by atoms with Gasteiger partial charge in [-0.05, 0) is 42.9 Å². The van der Waals surface area contributed by atoms with Crippen molar-refractivity contribution in [3.8, 4) is 6.07 Å². The fourth-order valence-electron chi connectivity index (χ4n) is 3.22. The summed E-state index contributed by atoms with van der Waals surface area (Å²) in [6.07, 6.45) is 2.13. The van der Waals surface area contributed by atoms with E-state index in [2.05, 4.69) is 6.07 Å². The molecule has 1 aromatic carbocycles. The molecule has 1 aliphatic rings. The van der Waals surface area contributed by atoms with E-state index in [0.29, 0.717) is 44.3 Å². The van der Waals surface area contributed by atoms with E-state index in [1.807, 2.05) is 26.0 Å². The summed E-state index contributed by atoms with van der Waals surface area (Å²) in [5.74, 6) is 0.436. The number of piperidine rings is 1. The molecule has 2 rings (SSSR count). The van der Waals surface area contributed by atoms with E-state index >= 15 is 0 Å². The minimum Gasteiger partial charge on any atom is -0.343 e. The van der Waals surface area contributed by atoms with E-state index in [1.54, 1.807) is 17.0 Å². The monoisotopic (exact) mass is 362 g/mol. The van der Waals surface area contributed by atoms with Gasteiger partial charge in [-0.3, -0.25) is 4.79 Å². The highest BCUT2D eigenvalue weighted by molar-refractivity contribution is 7.92. The number of likely N-dealkylation sites (tertiary alicyclic amines) is 1. The van der Waals surface area contributed by atoms with Gasteiger partial charge in [0.05, 0.1) is 22.6 Å². The number of amides is 1. The maximum atomic E-state index is 12.4. The minimum absolute atomic E-state index is 0.0732. The molecule has 0 N–H and O–H groups in total. The van der Waals surface area contributed by atoms with Gasteiger partial charge in [-0.25, -0.2) is 8.42 Å². The Hall–Kier alpha value is -1.87. The Balaban J connectivity index is 1.82. The first-order chi connectivity index (χ1) is 11.8. The summed E-state index contributed by atoms with van der Waals surface area (Å²) in [5, 5.41) is 8.48. The number of rotatable bonds is 6. The third-order valence-electron chi connectivity index (χ3n) is 4.58. The van der Waals surface area contributed by atoms with Gasteiger partial charge in [-0.2, -0.15) is 5.26 Å². The number of carbonyl (C=O) groups is 1. The second-order valence-electron chi connectivity index (χ2n) is 7.11. The minimum atomic E-state index is -3.06. The molecule has 25 heavy (non-hydrogen) atoms. The smallest absolute Gasteiger partial charge is 0.222 e. The molecule has 6 heteroatoms. The highest BCUT2D eigenvalue weighted by atomic mass is 32.2. The zero-order valence-corrected chi connectivity index (χ0v) is 15.8. The molecule has 0 spiro atoms. The number of hydrogen-bond acceptors (Lipinski definition) is 4. The number of benzene rings is 1. The molecular weight excluding hydrogens is 336 g/mol. The van der Waals surface area contributed by atoms with Gasteiger partial charge in [0.1, 0.15) is 0 Å². The van der Waals surface area contributed by atoms with Crippen molar-refractivity contribution >= 4 is 15.7 Å². The molecule has 1 heterocycles. The van der Waals surface area contributed by atoms with E-state index in [0.717, 1.165) is 5.56 Å². The quantitative estimate of drug-likeness (QED) is 0.779. The number of nitriles is 1. The first-order valence-electron chi connectivity index (χ1n) is 8.80. The highest BCUT2D eigenvalue weighted by Gasteiger charge is 2.31. The van der Waals surface area contributed by atoms with Gasteiger partial charge in [0.25, 0.3) is 0 Å². The molecule has 0 aromatic heterocycles. The van der Waals surface area contributed by atoms with Crippen molar-refractivity contribution in [2.24, 2.45) is 5.92 Å². The number of sulfone groups is 1. The van der Waals surface area contributed by atoms with Gasteiger partial charge < -0.3 is 4.90 Å². The van der Waals surface area contributed by atoms with Gasteiger partial charge in [-0.1, -0.05) is 26.0 Å². The topological polar surface area (TPSA) is 78.2 Å². The van der Waals surface area contributed by atoms with E-state index in [1.165, 1.54) is 0 Å². The Morgan fingerprint density at radius 2 is 1.84 bits per heavy atom. The molecule has 1 amide bonds. The maximum Gasteiger partial charge on any atom is 0.222 e. The van der Waals surface area contributed by atoms with E-state index in [4.69, 9.17) is 5.26 Å². The highest BCUT2D eigenvalue weighted by Crippen LogP contribution is 2.21. The summed E-state index contributed by atoms with van der Waals surface area (Å²) in [6, 6.07) is 9.33. The summed E-state index contributed by atoms with van der Waals surface area (Å²) in [7, 11) is -3.06. The van der Waals surface area contributed by atoms with Gasteiger partial charge in [0.15, 0.2) is 9.84 Å². The number of carbonyl (C=O) groups excluding carboxylic acids is 1. The van der Waals surface area contributed by atoms with E-state index < -0.39 is 9.84 Å². The normalized spacial score (nSPS) is 16.0. The third kappa shape index (κ3) is 5.57. The summed E-state index contributed by atoms with van der Waals surface area (Å²) in [6.45, 7) is 4.88. The van der Waals surface area contributed by atoms with Crippen LogP contribution < -0.4 is 0 Å².